The number of ketones is 1. The number of likely N-dealkylation sites (tertiary alicyclic amines) is 1. The molecule has 0 saturated carbocycles. The topological polar surface area (TPSA) is 94.3 Å². The molecule has 47 heavy (non-hydrogen) atoms. The molecule has 6 rings (SSSR count). The Morgan fingerprint density at radius 1 is 0.830 bits per heavy atom. The van der Waals surface area contributed by atoms with Gasteiger partial charge in [-0.2, -0.15) is 4.98 Å². The quantitative estimate of drug-likeness (QED) is 0.0964. The van der Waals surface area contributed by atoms with E-state index in [1.807, 2.05) is 72.8 Å². The van der Waals surface area contributed by atoms with E-state index in [-0.39, 0.29) is 11.8 Å². The summed E-state index contributed by atoms with van der Waals surface area (Å²) < 4.78 is 18.4. The molecule has 10 heteroatoms. The van der Waals surface area contributed by atoms with E-state index in [1.165, 1.54) is 18.4 Å². The normalized spacial score (nSPS) is 13.2. The largest absolute Gasteiger partial charge is 0.497 e. The van der Waals surface area contributed by atoms with Gasteiger partial charge < -0.3 is 19.1 Å². The number of hydrogen-bond donors (Lipinski definition) is 0. The molecule has 1 aliphatic heterocycles. The molecule has 5 aromatic rings. The Labute approximate surface area is 275 Å². The first-order valence-corrected chi connectivity index (χ1v) is 16.3. The van der Waals surface area contributed by atoms with Crippen molar-refractivity contribution in [2.75, 3.05) is 38.8 Å². The second-order valence-corrected chi connectivity index (χ2v) is 11.9. The highest BCUT2D eigenvalue weighted by atomic mass is 16.5. The van der Waals surface area contributed by atoms with Gasteiger partial charge in [-0.15, -0.1) is 5.10 Å². The van der Waals surface area contributed by atoms with E-state index in [0.717, 1.165) is 55.1 Å². The van der Waals surface area contributed by atoms with Crippen molar-refractivity contribution in [2.45, 2.75) is 52.2 Å². The van der Waals surface area contributed by atoms with E-state index in [9.17, 15) is 4.79 Å². The number of imidazole rings is 1. The number of rotatable bonds is 15. The van der Waals surface area contributed by atoms with Crippen LogP contribution in [0.25, 0.3) is 5.65 Å². The number of aromatic nitrogens is 4. The number of hydrogen-bond acceptors (Lipinski definition) is 9. The van der Waals surface area contributed by atoms with Crippen molar-refractivity contribution in [1.29, 1.82) is 0 Å². The van der Waals surface area contributed by atoms with Gasteiger partial charge in [0.15, 0.2) is 11.5 Å². The number of ether oxygens (including phenoxy) is 3. The van der Waals surface area contributed by atoms with Crippen LogP contribution >= 0.6 is 0 Å². The number of benzene rings is 3. The molecular weight excluding hydrogens is 592 g/mol. The van der Waals surface area contributed by atoms with Crippen LogP contribution in [0.2, 0.25) is 0 Å². The number of nitrogens with zero attached hydrogens (tertiary/aromatic N) is 6. The minimum Gasteiger partial charge on any atom is -0.497 e. The minimum atomic E-state index is -0.161. The van der Waals surface area contributed by atoms with Crippen molar-refractivity contribution in [3.8, 4) is 17.5 Å². The molecule has 2 aromatic heterocycles. The first kappa shape index (κ1) is 32.0. The zero-order valence-electron chi connectivity index (χ0n) is 27.4. The van der Waals surface area contributed by atoms with Gasteiger partial charge in [-0.1, -0.05) is 61.9 Å². The van der Waals surface area contributed by atoms with Gasteiger partial charge in [0.2, 0.25) is 5.78 Å². The highest BCUT2D eigenvalue weighted by Crippen LogP contribution is 2.27. The molecular formula is C37H42N6O4. The highest BCUT2D eigenvalue weighted by molar-refractivity contribution is 6.08. The van der Waals surface area contributed by atoms with Gasteiger partial charge in [0.05, 0.1) is 27.0 Å². The summed E-state index contributed by atoms with van der Waals surface area (Å²) in [6.45, 7) is 6.76. The molecule has 3 aromatic carbocycles. The van der Waals surface area contributed by atoms with Crippen molar-refractivity contribution in [3.05, 3.63) is 107 Å². The van der Waals surface area contributed by atoms with E-state index in [4.69, 9.17) is 24.2 Å². The van der Waals surface area contributed by atoms with Crippen LogP contribution in [0, 0.1) is 0 Å². The molecule has 1 aliphatic rings. The Balaban J connectivity index is 1.37. The second-order valence-electron chi connectivity index (χ2n) is 11.9. The smallest absolute Gasteiger partial charge is 0.336 e. The number of carbonyl (C=O) groups is 1. The maximum atomic E-state index is 13.9. The van der Waals surface area contributed by atoms with E-state index < -0.39 is 0 Å². The summed E-state index contributed by atoms with van der Waals surface area (Å²) in [5.41, 5.74) is 4.72. The average molecular weight is 635 g/mol. The first-order chi connectivity index (χ1) is 23.0. The third-order valence-electron chi connectivity index (χ3n) is 8.47. The van der Waals surface area contributed by atoms with Gasteiger partial charge in [0.25, 0.3) is 0 Å². The summed E-state index contributed by atoms with van der Waals surface area (Å²) in [7, 11) is 3.31. The van der Waals surface area contributed by atoms with Crippen molar-refractivity contribution in [3.63, 3.8) is 0 Å². The summed E-state index contributed by atoms with van der Waals surface area (Å²) in [5, 5.41) is 4.68. The number of methoxy groups -OCH3 is 2. The van der Waals surface area contributed by atoms with E-state index in [0.29, 0.717) is 42.4 Å². The first-order valence-electron chi connectivity index (χ1n) is 16.3. The van der Waals surface area contributed by atoms with Crippen molar-refractivity contribution < 1.29 is 19.0 Å². The third-order valence-corrected chi connectivity index (χ3v) is 8.47. The maximum absolute atomic E-state index is 13.9. The van der Waals surface area contributed by atoms with E-state index in [2.05, 4.69) is 21.8 Å². The molecule has 0 bridgehead atoms. The SMILES string of the molecule is CCCCOc1nc(N(Cc2ccc(OC)cc2)Cc2ccc(OC)cc2)c2ncc(C(=O)c3ccc(CN4CCCC4)cc3)n2n1. The number of fused-ring (bicyclic) bond motifs is 1. The molecule has 0 N–H and O–H groups in total. The Hall–Kier alpha value is -4.96. The Kier molecular flexibility index (Phi) is 10.3. The lowest BCUT2D eigenvalue weighted by atomic mass is 10.1. The van der Waals surface area contributed by atoms with Crippen LogP contribution in [0.4, 0.5) is 5.82 Å². The summed E-state index contributed by atoms with van der Waals surface area (Å²) in [5.74, 6) is 1.98. The van der Waals surface area contributed by atoms with Crippen LogP contribution in [0.15, 0.2) is 79.0 Å². The van der Waals surface area contributed by atoms with Gasteiger partial charge >= 0.3 is 6.01 Å². The summed E-state index contributed by atoms with van der Waals surface area (Å²) >= 11 is 0. The molecule has 0 aliphatic carbocycles. The zero-order valence-corrected chi connectivity index (χ0v) is 27.4. The molecule has 0 unspecified atom stereocenters. The van der Waals surface area contributed by atoms with Crippen LogP contribution < -0.4 is 19.1 Å². The molecule has 0 spiro atoms. The summed E-state index contributed by atoms with van der Waals surface area (Å²) in [4.78, 5) is 28.1. The Morgan fingerprint density at radius 3 is 2.00 bits per heavy atom. The predicted molar refractivity (Wildman–Crippen MR) is 181 cm³/mol. The van der Waals surface area contributed by atoms with Crippen molar-refractivity contribution >= 4 is 17.2 Å². The van der Waals surface area contributed by atoms with Crippen molar-refractivity contribution in [1.82, 2.24) is 24.5 Å². The molecule has 0 radical (unpaired) electrons. The third kappa shape index (κ3) is 7.72. The van der Waals surface area contributed by atoms with Crippen LogP contribution in [0.3, 0.4) is 0 Å². The lowest BCUT2D eigenvalue weighted by molar-refractivity contribution is 0.103. The number of carbonyl (C=O) groups excluding carboxylic acids is 1. The standard InChI is InChI=1S/C37H42N6O4/c1-4-5-22-47-37-39-36(42(25-28-10-16-31(45-2)17-11-28)26-29-12-18-32(46-3)19-13-29)35-38-23-33(43(35)40-37)34(44)30-14-8-27(9-15-30)24-41-20-6-7-21-41/h8-19,23H,4-7,20-22,24-26H2,1-3H3. The highest BCUT2D eigenvalue weighted by Gasteiger charge is 2.24. The minimum absolute atomic E-state index is 0.161. The van der Waals surface area contributed by atoms with E-state index in [1.54, 1.807) is 24.9 Å². The number of unbranched alkanes of at least 4 members (excludes halogenated alkanes) is 1. The Morgan fingerprint density at radius 2 is 1.43 bits per heavy atom. The van der Waals surface area contributed by atoms with Gasteiger partial charge in [0.1, 0.15) is 17.2 Å². The fourth-order valence-corrected chi connectivity index (χ4v) is 5.80. The average Bonchev–Trinajstić information content (AvgIpc) is 3.79. The predicted octanol–water partition coefficient (Wildman–Crippen LogP) is 6.35. The second kappa shape index (κ2) is 15.1. The fourth-order valence-electron chi connectivity index (χ4n) is 5.80. The van der Waals surface area contributed by atoms with Gasteiger partial charge in [-0.3, -0.25) is 9.69 Å². The fraction of sp³-hybridized carbons (Fsp3) is 0.351. The molecule has 10 nitrogen and oxygen atoms in total. The molecule has 0 amide bonds. The van der Waals surface area contributed by atoms with E-state index >= 15 is 0 Å². The molecule has 244 valence electrons. The van der Waals surface area contributed by atoms with Crippen LogP contribution in [-0.2, 0) is 19.6 Å². The maximum Gasteiger partial charge on any atom is 0.336 e. The van der Waals surface area contributed by atoms with Gasteiger partial charge in [-0.05, 0) is 73.3 Å². The molecule has 1 saturated heterocycles. The van der Waals surface area contributed by atoms with Crippen LogP contribution in [-0.4, -0.2) is 64.2 Å². The monoisotopic (exact) mass is 634 g/mol. The lowest BCUT2D eigenvalue weighted by Crippen LogP contribution is -2.25. The number of anilines is 1. The molecule has 1 fully saturated rings. The summed E-state index contributed by atoms with van der Waals surface area (Å²) in [6.07, 6.45) is 5.91. The van der Waals surface area contributed by atoms with Crippen LogP contribution in [0.1, 0.15) is 65.3 Å². The van der Waals surface area contributed by atoms with Gasteiger partial charge in [-0.25, -0.2) is 9.50 Å². The van der Waals surface area contributed by atoms with Gasteiger partial charge in [0, 0.05) is 25.2 Å². The zero-order chi connectivity index (χ0) is 32.6. The lowest BCUT2D eigenvalue weighted by Gasteiger charge is -2.25. The molecule has 3 heterocycles. The Bertz CT molecular complexity index is 1710. The van der Waals surface area contributed by atoms with Crippen LogP contribution in [0.5, 0.6) is 17.5 Å². The van der Waals surface area contributed by atoms with Crippen molar-refractivity contribution in [2.24, 2.45) is 0 Å². The summed E-state index contributed by atoms with van der Waals surface area (Å²) in [6, 6.07) is 24.0. The molecule has 0 atom stereocenters.